The molecule has 0 aliphatic carbocycles. The van der Waals surface area contributed by atoms with Crippen LogP contribution in [-0.4, -0.2) is 37.1 Å². The normalized spacial score (nSPS) is 23.3. The number of rotatable bonds is 4. The Balaban J connectivity index is 1.96. The Morgan fingerprint density at radius 3 is 1.62 bits per heavy atom. The van der Waals surface area contributed by atoms with Gasteiger partial charge in [-0.2, -0.15) is 0 Å². The molecule has 24 heavy (non-hydrogen) atoms. The van der Waals surface area contributed by atoms with E-state index in [2.05, 4.69) is 53.7 Å². The standard InChI is InChI=1S/C20H27N2O2/c1-11(2)17-9-23-19(21-17)15-8-16(14(6)7-13(15)5)20-22-18(10-24-20)12(3)4/h7,11-12,17-18H,9-10H2,1-6H3/q-1/t17-,18-/m1/s1. The predicted molar refractivity (Wildman–Crippen MR) is 97.0 cm³/mol. The molecular formula is C20H27N2O2-. The molecule has 0 saturated heterocycles. The van der Waals surface area contributed by atoms with Gasteiger partial charge in [0.15, 0.2) is 0 Å². The first-order valence-corrected chi connectivity index (χ1v) is 8.82. The molecule has 0 N–H and O–H groups in total. The topological polar surface area (TPSA) is 43.2 Å². The molecule has 4 nitrogen and oxygen atoms in total. The van der Waals surface area contributed by atoms with Crippen LogP contribution in [0, 0.1) is 31.7 Å². The van der Waals surface area contributed by atoms with Gasteiger partial charge in [-0.1, -0.05) is 52.7 Å². The van der Waals surface area contributed by atoms with Gasteiger partial charge in [0.05, 0.1) is 12.1 Å². The summed E-state index contributed by atoms with van der Waals surface area (Å²) in [5, 5.41) is 0. The molecule has 130 valence electrons. The Bertz CT molecular complexity index is 634. The zero-order valence-electron chi connectivity index (χ0n) is 15.5. The van der Waals surface area contributed by atoms with Crippen molar-refractivity contribution in [1.82, 2.24) is 0 Å². The smallest absolute Gasteiger partial charge is 0.148 e. The molecule has 0 spiro atoms. The van der Waals surface area contributed by atoms with Crippen molar-refractivity contribution >= 4 is 11.8 Å². The summed E-state index contributed by atoms with van der Waals surface area (Å²) >= 11 is 0. The lowest BCUT2D eigenvalue weighted by Gasteiger charge is -2.19. The van der Waals surface area contributed by atoms with Crippen LogP contribution in [0.3, 0.4) is 0 Å². The van der Waals surface area contributed by atoms with Gasteiger partial charge in [-0.15, -0.1) is 23.3 Å². The number of ether oxygens (including phenoxy) is 2. The van der Waals surface area contributed by atoms with Gasteiger partial charge in [-0.25, -0.2) is 0 Å². The molecule has 1 aromatic carbocycles. The van der Waals surface area contributed by atoms with E-state index >= 15 is 0 Å². The Morgan fingerprint density at radius 1 is 0.875 bits per heavy atom. The van der Waals surface area contributed by atoms with Gasteiger partial charge in [0.2, 0.25) is 0 Å². The molecule has 0 bridgehead atoms. The van der Waals surface area contributed by atoms with Gasteiger partial charge in [0, 0.05) is 0 Å². The van der Waals surface area contributed by atoms with Crippen LogP contribution in [0.1, 0.15) is 49.9 Å². The maximum atomic E-state index is 5.85. The van der Waals surface area contributed by atoms with Crippen molar-refractivity contribution in [2.45, 2.75) is 53.6 Å². The molecule has 0 amide bonds. The summed E-state index contributed by atoms with van der Waals surface area (Å²) in [7, 11) is 0. The summed E-state index contributed by atoms with van der Waals surface area (Å²) in [5.41, 5.74) is 4.10. The van der Waals surface area contributed by atoms with Crippen LogP contribution in [0.4, 0.5) is 0 Å². The lowest BCUT2D eigenvalue weighted by atomic mass is 9.99. The van der Waals surface area contributed by atoms with Crippen molar-refractivity contribution in [3.8, 4) is 0 Å². The zero-order chi connectivity index (χ0) is 17.4. The fourth-order valence-corrected chi connectivity index (χ4v) is 2.97. The molecule has 2 heterocycles. The van der Waals surface area contributed by atoms with Crippen LogP contribution < -0.4 is 0 Å². The first-order chi connectivity index (χ1) is 11.4. The van der Waals surface area contributed by atoms with Crippen molar-refractivity contribution in [3.05, 3.63) is 34.4 Å². The number of hydrogen-bond donors (Lipinski definition) is 0. The second kappa shape index (κ2) is 6.58. The van der Waals surface area contributed by atoms with Crippen molar-refractivity contribution < 1.29 is 9.47 Å². The first kappa shape index (κ1) is 17.0. The second-order valence-corrected chi connectivity index (χ2v) is 7.50. The molecule has 0 aromatic heterocycles. The summed E-state index contributed by atoms with van der Waals surface area (Å²) < 4.78 is 11.7. The van der Waals surface area contributed by atoms with E-state index < -0.39 is 0 Å². The predicted octanol–water partition coefficient (Wildman–Crippen LogP) is 3.71. The van der Waals surface area contributed by atoms with Crippen LogP contribution in [0.25, 0.3) is 0 Å². The third kappa shape index (κ3) is 3.19. The summed E-state index contributed by atoms with van der Waals surface area (Å²) in [6, 6.07) is 6.07. The molecule has 2 aliphatic rings. The van der Waals surface area contributed by atoms with Gasteiger partial charge in [0.1, 0.15) is 25.0 Å². The maximum absolute atomic E-state index is 5.85. The fraction of sp³-hybridized carbons (Fsp3) is 0.600. The summed E-state index contributed by atoms with van der Waals surface area (Å²) in [5.74, 6) is 2.35. The first-order valence-electron chi connectivity index (χ1n) is 8.82. The third-order valence-corrected chi connectivity index (χ3v) is 4.79. The van der Waals surface area contributed by atoms with Crippen molar-refractivity contribution in [1.29, 1.82) is 0 Å². The van der Waals surface area contributed by atoms with Crippen molar-refractivity contribution in [2.24, 2.45) is 21.8 Å². The quantitative estimate of drug-likeness (QED) is 0.791. The van der Waals surface area contributed by atoms with Gasteiger partial charge >= 0.3 is 0 Å². The minimum absolute atomic E-state index is 0.225. The monoisotopic (exact) mass is 327 g/mol. The highest BCUT2D eigenvalue weighted by atomic mass is 16.5. The molecule has 1 aromatic rings. The van der Waals surface area contributed by atoms with E-state index in [1.54, 1.807) is 0 Å². The van der Waals surface area contributed by atoms with Gasteiger partial charge in [-0.3, -0.25) is 9.98 Å². The van der Waals surface area contributed by atoms with E-state index in [9.17, 15) is 0 Å². The van der Waals surface area contributed by atoms with E-state index in [-0.39, 0.29) is 12.1 Å². The highest BCUT2D eigenvalue weighted by Crippen LogP contribution is 2.25. The van der Waals surface area contributed by atoms with Gasteiger partial charge < -0.3 is 9.47 Å². The Morgan fingerprint density at radius 2 is 1.29 bits per heavy atom. The highest BCUT2D eigenvalue weighted by Gasteiger charge is 2.23. The van der Waals surface area contributed by atoms with Gasteiger partial charge in [-0.05, 0) is 11.8 Å². The Labute approximate surface area is 145 Å². The van der Waals surface area contributed by atoms with E-state index in [1.165, 1.54) is 0 Å². The number of aryl methyl sites for hydroxylation is 2. The molecule has 2 atom stereocenters. The molecular weight excluding hydrogens is 300 g/mol. The van der Waals surface area contributed by atoms with E-state index in [0.717, 1.165) is 22.3 Å². The lowest BCUT2D eigenvalue weighted by Crippen LogP contribution is -2.13. The molecule has 2 aliphatic heterocycles. The molecule has 0 unspecified atom stereocenters. The maximum Gasteiger partial charge on any atom is 0.148 e. The van der Waals surface area contributed by atoms with Crippen molar-refractivity contribution in [2.75, 3.05) is 13.2 Å². The van der Waals surface area contributed by atoms with Crippen molar-refractivity contribution in [3.63, 3.8) is 0 Å². The summed E-state index contributed by atoms with van der Waals surface area (Å²) in [4.78, 5) is 9.48. The number of nitrogens with zero attached hydrogens (tertiary/aromatic N) is 2. The lowest BCUT2D eigenvalue weighted by molar-refractivity contribution is 0.291. The molecule has 4 heteroatoms. The minimum Gasteiger partial charge on any atom is -0.509 e. The summed E-state index contributed by atoms with van der Waals surface area (Å²) in [6.45, 7) is 14.1. The highest BCUT2D eigenvalue weighted by molar-refractivity contribution is 6.02. The minimum atomic E-state index is 0.225. The van der Waals surface area contributed by atoms with Crippen LogP contribution >= 0.6 is 0 Å². The fourth-order valence-electron chi connectivity index (χ4n) is 2.97. The third-order valence-electron chi connectivity index (χ3n) is 4.79. The van der Waals surface area contributed by atoms with Gasteiger partial charge in [0.25, 0.3) is 0 Å². The van der Waals surface area contributed by atoms with Crippen LogP contribution in [0.15, 0.2) is 16.1 Å². The molecule has 0 saturated carbocycles. The van der Waals surface area contributed by atoms with E-state index in [4.69, 9.17) is 19.5 Å². The number of benzene rings is 1. The molecule has 0 radical (unpaired) electrons. The van der Waals surface area contributed by atoms with Crippen LogP contribution in [0.2, 0.25) is 0 Å². The SMILES string of the molecule is Cc1cc(C)c(C2=N[C@@H](C(C)C)CO2)[c-]c1C1=N[C@@H](C(C)C)CO1. The second-order valence-electron chi connectivity index (χ2n) is 7.50. The van der Waals surface area contributed by atoms with Crippen LogP contribution in [-0.2, 0) is 9.47 Å². The van der Waals surface area contributed by atoms with E-state index in [1.807, 2.05) is 0 Å². The number of hydrogen-bond acceptors (Lipinski definition) is 4. The average Bonchev–Trinajstić information content (AvgIpc) is 3.16. The number of aliphatic imine (C=N–C) groups is 2. The largest absolute Gasteiger partial charge is 0.509 e. The molecule has 0 fully saturated rings. The zero-order valence-corrected chi connectivity index (χ0v) is 15.5. The Hall–Kier alpha value is -1.84. The van der Waals surface area contributed by atoms with Crippen LogP contribution in [0.5, 0.6) is 0 Å². The molecule has 3 rings (SSSR count). The average molecular weight is 327 g/mol. The summed E-state index contributed by atoms with van der Waals surface area (Å²) in [6.07, 6.45) is 0. The Kier molecular flexibility index (Phi) is 4.66. The van der Waals surface area contributed by atoms with E-state index in [0.29, 0.717) is 36.8 Å².